The molecule has 5 nitrogen and oxygen atoms in total. The van der Waals surface area contributed by atoms with E-state index in [1.54, 1.807) is 0 Å². The molecule has 0 N–H and O–H groups in total. The molecule has 0 aliphatic carbocycles. The number of hydrogen-bond acceptors (Lipinski definition) is 3. The number of anilines is 1. The molecule has 0 bridgehead atoms. The zero-order valence-corrected chi connectivity index (χ0v) is 16.4. The molecule has 28 heavy (non-hydrogen) atoms. The number of piperazine rings is 1. The first kappa shape index (κ1) is 18.6. The number of nitrogens with zero attached hydrogens (tertiary/aromatic N) is 4. The quantitative estimate of drug-likeness (QED) is 0.660. The largest absolute Gasteiger partial charge is 0.368 e. The topological polar surface area (TPSA) is 41.4 Å². The number of amides is 1. The number of hydrogen-bond donors (Lipinski definition) is 0. The van der Waals surface area contributed by atoms with Crippen molar-refractivity contribution in [1.82, 2.24) is 14.7 Å². The van der Waals surface area contributed by atoms with Crippen LogP contribution in [0.5, 0.6) is 0 Å². The molecule has 0 spiro atoms. The van der Waals surface area contributed by atoms with Crippen molar-refractivity contribution >= 4 is 23.2 Å². The van der Waals surface area contributed by atoms with Gasteiger partial charge in [-0.15, -0.1) is 0 Å². The van der Waals surface area contributed by atoms with Crippen LogP contribution in [0.3, 0.4) is 0 Å². The van der Waals surface area contributed by atoms with Crippen LogP contribution in [0.25, 0.3) is 5.69 Å². The summed E-state index contributed by atoms with van der Waals surface area (Å²) in [6.45, 7) is 3.15. The molecule has 4 rings (SSSR count). The van der Waals surface area contributed by atoms with Crippen molar-refractivity contribution < 1.29 is 4.79 Å². The molecule has 1 aliphatic heterocycles. The molecule has 0 saturated carbocycles. The SMILES string of the molecule is O=C(CCc1cnn(-c2ccccc2)c1)N1CCN(c2cccc(Cl)c2)CC1. The highest BCUT2D eigenvalue weighted by Crippen LogP contribution is 2.21. The van der Waals surface area contributed by atoms with Crippen molar-refractivity contribution in [1.29, 1.82) is 0 Å². The zero-order valence-electron chi connectivity index (χ0n) is 15.7. The highest BCUT2D eigenvalue weighted by molar-refractivity contribution is 6.30. The summed E-state index contributed by atoms with van der Waals surface area (Å²) in [5.74, 6) is 0.207. The number of aromatic nitrogens is 2. The lowest BCUT2D eigenvalue weighted by Gasteiger charge is -2.36. The molecule has 1 amide bonds. The zero-order chi connectivity index (χ0) is 19.3. The maximum atomic E-state index is 12.6. The molecule has 6 heteroatoms. The van der Waals surface area contributed by atoms with Crippen molar-refractivity contribution in [2.24, 2.45) is 0 Å². The van der Waals surface area contributed by atoms with Crippen molar-refractivity contribution in [3.63, 3.8) is 0 Å². The van der Waals surface area contributed by atoms with Gasteiger partial charge in [0.2, 0.25) is 5.91 Å². The minimum atomic E-state index is 0.207. The average Bonchev–Trinajstić information content (AvgIpc) is 3.22. The first-order valence-electron chi connectivity index (χ1n) is 9.56. The van der Waals surface area contributed by atoms with E-state index in [9.17, 15) is 4.79 Å². The van der Waals surface area contributed by atoms with Crippen LogP contribution in [0.1, 0.15) is 12.0 Å². The Morgan fingerprint density at radius 3 is 2.46 bits per heavy atom. The van der Waals surface area contributed by atoms with Crippen molar-refractivity contribution in [2.45, 2.75) is 12.8 Å². The van der Waals surface area contributed by atoms with Gasteiger partial charge in [-0.05, 0) is 42.3 Å². The highest BCUT2D eigenvalue weighted by Gasteiger charge is 2.21. The summed E-state index contributed by atoms with van der Waals surface area (Å²) in [6, 6.07) is 17.9. The lowest BCUT2D eigenvalue weighted by Crippen LogP contribution is -2.48. The smallest absolute Gasteiger partial charge is 0.223 e. The van der Waals surface area contributed by atoms with Crippen LogP contribution in [0, 0.1) is 0 Å². The van der Waals surface area contributed by atoms with Gasteiger partial charge in [0, 0.05) is 49.5 Å². The Kier molecular flexibility index (Phi) is 5.63. The summed E-state index contributed by atoms with van der Waals surface area (Å²) in [5.41, 5.74) is 3.22. The molecule has 0 atom stereocenters. The number of para-hydroxylation sites is 1. The van der Waals surface area contributed by atoms with Gasteiger partial charge in [-0.25, -0.2) is 4.68 Å². The fourth-order valence-corrected chi connectivity index (χ4v) is 3.69. The molecule has 0 radical (unpaired) electrons. The van der Waals surface area contributed by atoms with Crippen molar-refractivity contribution in [2.75, 3.05) is 31.1 Å². The Bertz CT molecular complexity index is 932. The number of rotatable bonds is 5. The number of aryl methyl sites for hydroxylation is 1. The molecule has 3 aromatic rings. The molecular formula is C22H23ClN4O. The fourth-order valence-electron chi connectivity index (χ4n) is 3.51. The first-order valence-corrected chi connectivity index (χ1v) is 9.94. The van der Waals surface area contributed by atoms with Crippen LogP contribution in [0.15, 0.2) is 67.0 Å². The van der Waals surface area contributed by atoms with E-state index in [-0.39, 0.29) is 5.91 Å². The lowest BCUT2D eigenvalue weighted by atomic mass is 10.1. The Labute approximate surface area is 170 Å². The van der Waals surface area contributed by atoms with E-state index in [4.69, 9.17) is 11.6 Å². The van der Waals surface area contributed by atoms with Gasteiger partial charge in [-0.3, -0.25) is 4.79 Å². The number of halogens is 1. The molecule has 144 valence electrons. The van der Waals surface area contributed by atoms with Crippen molar-refractivity contribution in [3.8, 4) is 5.69 Å². The molecule has 0 unspecified atom stereocenters. The third kappa shape index (κ3) is 4.37. The molecular weight excluding hydrogens is 372 g/mol. The summed E-state index contributed by atoms with van der Waals surface area (Å²) < 4.78 is 1.85. The second-order valence-electron chi connectivity index (χ2n) is 6.98. The van der Waals surface area contributed by atoms with E-state index < -0.39 is 0 Å². The highest BCUT2D eigenvalue weighted by atomic mass is 35.5. The Morgan fingerprint density at radius 1 is 0.964 bits per heavy atom. The van der Waals surface area contributed by atoms with Crippen LogP contribution in [-0.4, -0.2) is 46.8 Å². The third-order valence-electron chi connectivity index (χ3n) is 5.09. The monoisotopic (exact) mass is 394 g/mol. The van der Waals surface area contributed by atoms with E-state index in [1.807, 2.05) is 70.5 Å². The normalized spacial score (nSPS) is 14.3. The summed E-state index contributed by atoms with van der Waals surface area (Å²) in [7, 11) is 0. The van der Waals surface area contributed by atoms with Crippen LogP contribution in [0.4, 0.5) is 5.69 Å². The second-order valence-corrected chi connectivity index (χ2v) is 7.41. The number of benzene rings is 2. The third-order valence-corrected chi connectivity index (χ3v) is 5.33. The minimum absolute atomic E-state index is 0.207. The molecule has 1 aromatic heterocycles. The maximum absolute atomic E-state index is 12.6. The maximum Gasteiger partial charge on any atom is 0.223 e. The first-order chi connectivity index (χ1) is 13.7. The van der Waals surface area contributed by atoms with Gasteiger partial charge in [0.15, 0.2) is 0 Å². The Hall–Kier alpha value is -2.79. The lowest BCUT2D eigenvalue weighted by molar-refractivity contribution is -0.131. The van der Waals surface area contributed by atoms with E-state index in [1.165, 1.54) is 0 Å². The van der Waals surface area contributed by atoms with Gasteiger partial charge in [-0.1, -0.05) is 35.9 Å². The van der Waals surface area contributed by atoms with Crippen molar-refractivity contribution in [3.05, 3.63) is 77.6 Å². The predicted molar refractivity (Wildman–Crippen MR) is 112 cm³/mol. The van der Waals surface area contributed by atoms with Crippen LogP contribution in [0.2, 0.25) is 5.02 Å². The predicted octanol–water partition coefficient (Wildman–Crippen LogP) is 3.81. The van der Waals surface area contributed by atoms with Crippen LogP contribution >= 0.6 is 11.6 Å². The van der Waals surface area contributed by atoms with Gasteiger partial charge in [0.25, 0.3) is 0 Å². The molecule has 1 fully saturated rings. The van der Waals surface area contributed by atoms with Gasteiger partial charge in [0.05, 0.1) is 11.9 Å². The minimum Gasteiger partial charge on any atom is -0.368 e. The molecule has 1 saturated heterocycles. The summed E-state index contributed by atoms with van der Waals surface area (Å²) in [5, 5.41) is 5.14. The van der Waals surface area contributed by atoms with Crippen LogP contribution in [-0.2, 0) is 11.2 Å². The fraction of sp³-hybridized carbons (Fsp3) is 0.273. The molecule has 1 aliphatic rings. The van der Waals surface area contributed by atoms with E-state index in [0.717, 1.165) is 48.1 Å². The van der Waals surface area contributed by atoms with Gasteiger partial charge < -0.3 is 9.80 Å². The Balaban J connectivity index is 1.28. The summed E-state index contributed by atoms with van der Waals surface area (Å²) >= 11 is 6.09. The van der Waals surface area contributed by atoms with E-state index in [0.29, 0.717) is 12.8 Å². The number of carbonyl (C=O) groups is 1. The average molecular weight is 395 g/mol. The van der Waals surface area contributed by atoms with E-state index in [2.05, 4.69) is 16.1 Å². The van der Waals surface area contributed by atoms with E-state index >= 15 is 0 Å². The van der Waals surface area contributed by atoms with Gasteiger partial charge in [0.1, 0.15) is 0 Å². The standard InChI is InChI=1S/C22H23ClN4O/c23-19-5-4-8-21(15-19)25-11-13-26(14-12-25)22(28)10-9-18-16-24-27(17-18)20-6-2-1-3-7-20/h1-8,15-17H,9-14H2. The molecule has 2 aromatic carbocycles. The van der Waals surface area contributed by atoms with Gasteiger partial charge in [-0.2, -0.15) is 5.10 Å². The second kappa shape index (κ2) is 8.48. The molecule has 2 heterocycles. The Morgan fingerprint density at radius 2 is 1.71 bits per heavy atom. The summed E-state index contributed by atoms with van der Waals surface area (Å²) in [4.78, 5) is 16.8. The number of carbonyl (C=O) groups excluding carboxylic acids is 1. The van der Waals surface area contributed by atoms with Crippen LogP contribution < -0.4 is 4.90 Å². The van der Waals surface area contributed by atoms with Gasteiger partial charge >= 0.3 is 0 Å². The summed E-state index contributed by atoms with van der Waals surface area (Å²) in [6.07, 6.45) is 5.06.